The molecule has 0 radical (unpaired) electrons. The number of rotatable bonds is 11. The summed E-state index contributed by atoms with van der Waals surface area (Å²) in [5.74, 6) is -3.49. The van der Waals surface area contributed by atoms with Gasteiger partial charge in [0.15, 0.2) is 0 Å². The molecule has 0 aliphatic carbocycles. The lowest BCUT2D eigenvalue weighted by molar-refractivity contribution is -0.141. The van der Waals surface area contributed by atoms with Crippen LogP contribution in [0.4, 0.5) is 0 Å². The van der Waals surface area contributed by atoms with Crippen LogP contribution in [-0.2, 0) is 25.6 Å². The van der Waals surface area contributed by atoms with Crippen LogP contribution in [0.2, 0.25) is 0 Å². The molecule has 11 nitrogen and oxygen atoms in total. The van der Waals surface area contributed by atoms with Crippen molar-refractivity contribution < 1.29 is 29.4 Å². The van der Waals surface area contributed by atoms with Gasteiger partial charge in [-0.2, -0.15) is 12.6 Å². The van der Waals surface area contributed by atoms with Crippen molar-refractivity contribution in [1.82, 2.24) is 20.9 Å². The van der Waals surface area contributed by atoms with Gasteiger partial charge in [0, 0.05) is 29.3 Å². The van der Waals surface area contributed by atoms with Gasteiger partial charge < -0.3 is 36.9 Å². The third-order valence-electron chi connectivity index (χ3n) is 4.50. The first-order valence-electron chi connectivity index (χ1n) is 9.39. The Morgan fingerprint density at radius 1 is 1.10 bits per heavy atom. The van der Waals surface area contributed by atoms with Crippen molar-refractivity contribution in [3.05, 3.63) is 36.0 Å². The number of carbonyl (C=O) groups excluding carboxylic acids is 3. The molecule has 168 valence electrons. The van der Waals surface area contributed by atoms with E-state index in [0.29, 0.717) is 0 Å². The summed E-state index contributed by atoms with van der Waals surface area (Å²) >= 11 is 3.85. The molecule has 1 aromatic carbocycles. The summed E-state index contributed by atoms with van der Waals surface area (Å²) in [5.41, 5.74) is 7.12. The van der Waals surface area contributed by atoms with E-state index < -0.39 is 55.0 Å². The lowest BCUT2D eigenvalue weighted by Crippen LogP contribution is -2.55. The number of carboxylic acid groups (broad SMARTS) is 1. The SMILES string of the molecule is NC(CO)C(=O)NC(Cc1c[nH]c2ccccc12)C(=O)NCC(=O)NC(CS)C(=O)O. The van der Waals surface area contributed by atoms with Crippen LogP contribution < -0.4 is 21.7 Å². The fourth-order valence-electron chi connectivity index (χ4n) is 2.81. The fourth-order valence-corrected chi connectivity index (χ4v) is 3.06. The number of nitrogens with two attached hydrogens (primary N) is 1. The number of hydrogen-bond donors (Lipinski definition) is 8. The van der Waals surface area contributed by atoms with Crippen molar-refractivity contribution in [2.45, 2.75) is 24.5 Å². The van der Waals surface area contributed by atoms with Crippen LogP contribution in [0.25, 0.3) is 10.9 Å². The van der Waals surface area contributed by atoms with E-state index >= 15 is 0 Å². The van der Waals surface area contributed by atoms with Crippen molar-refractivity contribution in [3.63, 3.8) is 0 Å². The summed E-state index contributed by atoms with van der Waals surface area (Å²) in [6.07, 6.45) is 1.80. The molecule has 0 aliphatic heterocycles. The van der Waals surface area contributed by atoms with Gasteiger partial charge in [0.1, 0.15) is 18.1 Å². The first-order valence-corrected chi connectivity index (χ1v) is 10.0. The Balaban J connectivity index is 2.10. The van der Waals surface area contributed by atoms with E-state index in [-0.39, 0.29) is 12.2 Å². The normalized spacial score (nSPS) is 13.8. The standard InChI is InChI=1S/C19H25N5O6S/c20-12(8-25)17(27)24-14(5-10-6-21-13-4-2-1-3-11(10)13)18(28)22-7-16(26)23-15(9-31)19(29)30/h1-4,6,12,14-15,21,25,31H,5,7-9,20H2,(H,22,28)(H,23,26)(H,24,27)(H,29,30). The minimum absolute atomic E-state index is 0.0930. The summed E-state index contributed by atoms with van der Waals surface area (Å²) in [7, 11) is 0. The number of aromatic nitrogens is 1. The highest BCUT2D eigenvalue weighted by atomic mass is 32.1. The fraction of sp³-hybridized carbons (Fsp3) is 0.368. The predicted molar refractivity (Wildman–Crippen MR) is 115 cm³/mol. The number of aliphatic hydroxyl groups excluding tert-OH is 1. The van der Waals surface area contributed by atoms with Crippen LogP contribution in [0.15, 0.2) is 30.5 Å². The monoisotopic (exact) mass is 451 g/mol. The van der Waals surface area contributed by atoms with Crippen molar-refractivity contribution in [1.29, 1.82) is 0 Å². The number of amides is 3. The molecular weight excluding hydrogens is 426 g/mol. The molecule has 1 aromatic heterocycles. The van der Waals surface area contributed by atoms with Crippen molar-refractivity contribution in [3.8, 4) is 0 Å². The largest absolute Gasteiger partial charge is 0.480 e. The quantitative estimate of drug-likeness (QED) is 0.184. The number of carboxylic acids is 1. The van der Waals surface area contributed by atoms with Gasteiger partial charge in [-0.15, -0.1) is 0 Å². The van der Waals surface area contributed by atoms with Crippen LogP contribution in [-0.4, -0.2) is 75.9 Å². The van der Waals surface area contributed by atoms with E-state index in [1.54, 1.807) is 6.20 Å². The van der Waals surface area contributed by atoms with Crippen LogP contribution in [0, 0.1) is 0 Å². The number of aromatic amines is 1. The Hall–Kier alpha value is -3.09. The highest BCUT2D eigenvalue weighted by molar-refractivity contribution is 7.80. The van der Waals surface area contributed by atoms with E-state index in [4.69, 9.17) is 15.9 Å². The highest BCUT2D eigenvalue weighted by Crippen LogP contribution is 2.19. The van der Waals surface area contributed by atoms with Crippen LogP contribution in [0.3, 0.4) is 0 Å². The maximum absolute atomic E-state index is 12.7. The molecule has 0 fully saturated rings. The number of thiol groups is 1. The first kappa shape index (κ1) is 24.2. The molecule has 2 aromatic rings. The lowest BCUT2D eigenvalue weighted by Gasteiger charge is -2.20. The molecule has 3 atom stereocenters. The molecule has 3 unspecified atom stereocenters. The average molecular weight is 452 g/mol. The number of aliphatic carboxylic acids is 1. The lowest BCUT2D eigenvalue weighted by atomic mass is 10.0. The average Bonchev–Trinajstić information content (AvgIpc) is 3.17. The number of aliphatic hydroxyl groups is 1. The molecule has 3 amide bonds. The van der Waals surface area contributed by atoms with Crippen LogP contribution in [0.1, 0.15) is 5.56 Å². The van der Waals surface area contributed by atoms with Crippen LogP contribution in [0.5, 0.6) is 0 Å². The Labute approximate surface area is 183 Å². The molecule has 0 bridgehead atoms. The third kappa shape index (κ3) is 6.70. The van der Waals surface area contributed by atoms with E-state index in [9.17, 15) is 19.2 Å². The molecule has 0 aliphatic rings. The Morgan fingerprint density at radius 3 is 2.45 bits per heavy atom. The third-order valence-corrected chi connectivity index (χ3v) is 4.87. The minimum Gasteiger partial charge on any atom is -0.480 e. The maximum Gasteiger partial charge on any atom is 0.327 e. The van der Waals surface area contributed by atoms with Crippen molar-refractivity contribution in [2.75, 3.05) is 18.9 Å². The number of benzene rings is 1. The molecule has 0 saturated carbocycles. The molecule has 1 heterocycles. The topological polar surface area (TPSA) is 187 Å². The number of fused-ring (bicyclic) bond motifs is 1. The van der Waals surface area contributed by atoms with Gasteiger partial charge in [-0.3, -0.25) is 14.4 Å². The van der Waals surface area contributed by atoms with Gasteiger partial charge in [-0.05, 0) is 11.6 Å². The first-order chi connectivity index (χ1) is 14.8. The van der Waals surface area contributed by atoms with Gasteiger partial charge in [-0.25, -0.2) is 4.79 Å². The number of H-pyrrole nitrogens is 1. The van der Waals surface area contributed by atoms with E-state index in [2.05, 4.69) is 33.6 Å². The van der Waals surface area contributed by atoms with Gasteiger partial charge in [-0.1, -0.05) is 18.2 Å². The summed E-state index contributed by atoms with van der Waals surface area (Å²) in [6, 6.07) is 3.90. The predicted octanol–water partition coefficient (Wildman–Crippen LogP) is -1.87. The number of nitrogens with one attached hydrogen (secondary N) is 4. The Kier molecular flexibility index (Phi) is 8.85. The molecule has 31 heavy (non-hydrogen) atoms. The highest BCUT2D eigenvalue weighted by Gasteiger charge is 2.26. The number of para-hydroxylation sites is 1. The molecule has 8 N–H and O–H groups in total. The summed E-state index contributed by atoms with van der Waals surface area (Å²) in [6.45, 7) is -1.10. The number of hydrogen-bond acceptors (Lipinski definition) is 7. The van der Waals surface area contributed by atoms with Gasteiger partial charge in [0.2, 0.25) is 17.7 Å². The van der Waals surface area contributed by atoms with Gasteiger partial charge in [0.05, 0.1) is 13.2 Å². The molecule has 2 rings (SSSR count). The second-order valence-corrected chi connectivity index (χ2v) is 7.14. The summed E-state index contributed by atoms with van der Waals surface area (Å²) in [5, 5.41) is 26.0. The number of carbonyl (C=O) groups is 4. The van der Waals surface area contributed by atoms with Crippen molar-refractivity contribution >= 4 is 47.2 Å². The van der Waals surface area contributed by atoms with Gasteiger partial charge >= 0.3 is 5.97 Å². The zero-order chi connectivity index (χ0) is 23.0. The Bertz CT molecular complexity index is 949. The minimum atomic E-state index is -1.25. The molecule has 12 heteroatoms. The smallest absolute Gasteiger partial charge is 0.327 e. The molecule has 0 spiro atoms. The summed E-state index contributed by atoms with van der Waals surface area (Å²) < 4.78 is 0. The molecule has 0 saturated heterocycles. The second kappa shape index (κ2) is 11.3. The van der Waals surface area contributed by atoms with E-state index in [1.165, 1.54) is 0 Å². The zero-order valence-corrected chi connectivity index (χ0v) is 17.4. The zero-order valence-electron chi connectivity index (χ0n) is 16.5. The Morgan fingerprint density at radius 2 is 1.81 bits per heavy atom. The summed E-state index contributed by atoms with van der Waals surface area (Å²) in [4.78, 5) is 50.8. The van der Waals surface area contributed by atoms with Crippen LogP contribution >= 0.6 is 12.6 Å². The molecular formula is C19H25N5O6S. The van der Waals surface area contributed by atoms with Gasteiger partial charge in [0.25, 0.3) is 0 Å². The second-order valence-electron chi connectivity index (χ2n) is 6.77. The van der Waals surface area contributed by atoms with E-state index in [1.807, 2.05) is 24.3 Å². The maximum atomic E-state index is 12.7. The van der Waals surface area contributed by atoms with Crippen molar-refractivity contribution in [2.24, 2.45) is 5.73 Å². The van der Waals surface area contributed by atoms with E-state index in [0.717, 1.165) is 16.5 Å².